The van der Waals surface area contributed by atoms with E-state index in [0.29, 0.717) is 23.8 Å². The van der Waals surface area contributed by atoms with E-state index in [9.17, 15) is 26.7 Å². The van der Waals surface area contributed by atoms with Crippen molar-refractivity contribution < 1.29 is 26.7 Å². The Morgan fingerprint density at radius 1 is 0.864 bits per heavy atom. The summed E-state index contributed by atoms with van der Waals surface area (Å²) in [6.07, 6.45) is 0.118. The number of rotatable bonds is 4. The molecule has 0 aliphatic carbocycles. The molecule has 0 fully saturated rings. The molecule has 0 aromatic heterocycles. The Hall–Kier alpha value is -2.44. The summed E-state index contributed by atoms with van der Waals surface area (Å²) in [4.78, 5) is 11.7. The topological polar surface area (TPSA) is 29.1 Å². The van der Waals surface area contributed by atoms with Gasteiger partial charge in [-0.05, 0) is 36.2 Å². The maximum atomic E-state index is 13.0. The van der Waals surface area contributed by atoms with Crippen LogP contribution in [0.25, 0.3) is 0 Å². The predicted octanol–water partition coefficient (Wildman–Crippen LogP) is 3.35. The van der Waals surface area contributed by atoms with Crippen molar-refractivity contribution in [3.05, 3.63) is 70.5 Å². The van der Waals surface area contributed by atoms with E-state index in [-0.39, 0.29) is 18.5 Å². The number of halogens is 5. The summed E-state index contributed by atoms with van der Waals surface area (Å²) in [5.41, 5.74) is -0.0731. The molecule has 2 aromatic carbocycles. The molecule has 0 saturated heterocycles. The molecule has 7 heteroatoms. The van der Waals surface area contributed by atoms with Gasteiger partial charge in [0.05, 0.1) is 0 Å². The number of benzene rings is 2. The summed E-state index contributed by atoms with van der Waals surface area (Å²) in [6.45, 7) is -0.0116. The first-order chi connectivity index (χ1) is 10.4. The molecule has 2 aromatic rings. The van der Waals surface area contributed by atoms with Crippen LogP contribution in [0.3, 0.4) is 0 Å². The number of carbonyl (C=O) groups excluding carboxylic acids is 1. The zero-order chi connectivity index (χ0) is 16.3. The lowest BCUT2D eigenvalue weighted by Gasteiger charge is -2.07. The Bertz CT molecular complexity index is 674. The van der Waals surface area contributed by atoms with Crippen molar-refractivity contribution in [2.24, 2.45) is 0 Å². The van der Waals surface area contributed by atoms with E-state index in [4.69, 9.17) is 0 Å². The summed E-state index contributed by atoms with van der Waals surface area (Å²) >= 11 is 0. The summed E-state index contributed by atoms with van der Waals surface area (Å²) in [7, 11) is 0. The van der Waals surface area contributed by atoms with E-state index in [1.165, 1.54) is 0 Å². The van der Waals surface area contributed by atoms with Crippen LogP contribution in [-0.2, 0) is 6.42 Å². The van der Waals surface area contributed by atoms with E-state index < -0.39 is 35.0 Å². The highest BCUT2D eigenvalue weighted by Crippen LogP contribution is 2.13. The maximum Gasteiger partial charge on any atom is 0.251 e. The number of amides is 1. The molecular formula is C15H10F5NO. The Labute approximate surface area is 122 Å². The van der Waals surface area contributed by atoms with Crippen molar-refractivity contribution in [2.75, 3.05) is 6.54 Å². The average Bonchev–Trinajstić information content (AvgIpc) is 2.43. The maximum absolute atomic E-state index is 13.0. The molecule has 22 heavy (non-hydrogen) atoms. The van der Waals surface area contributed by atoms with Gasteiger partial charge in [-0.3, -0.25) is 4.79 Å². The minimum atomic E-state index is -1.66. The first-order valence-corrected chi connectivity index (χ1v) is 6.24. The van der Waals surface area contributed by atoms with Gasteiger partial charge in [0.15, 0.2) is 17.5 Å². The highest BCUT2D eigenvalue weighted by Gasteiger charge is 2.14. The van der Waals surface area contributed by atoms with E-state index in [0.717, 1.165) is 12.1 Å². The van der Waals surface area contributed by atoms with E-state index in [1.54, 1.807) is 0 Å². The number of hydrogen-bond acceptors (Lipinski definition) is 1. The number of carbonyl (C=O) groups is 1. The van der Waals surface area contributed by atoms with Crippen molar-refractivity contribution in [2.45, 2.75) is 6.42 Å². The quantitative estimate of drug-likeness (QED) is 0.680. The first kappa shape index (κ1) is 15.9. The van der Waals surface area contributed by atoms with Crippen LogP contribution in [0.15, 0.2) is 30.3 Å². The molecule has 0 saturated carbocycles. The fraction of sp³-hybridized carbons (Fsp3) is 0.133. The monoisotopic (exact) mass is 315 g/mol. The molecule has 0 heterocycles. The van der Waals surface area contributed by atoms with E-state index in [2.05, 4.69) is 5.32 Å². The van der Waals surface area contributed by atoms with Crippen LogP contribution in [0.1, 0.15) is 15.9 Å². The summed E-state index contributed by atoms with van der Waals surface area (Å²) in [5.74, 6) is -6.93. The lowest BCUT2D eigenvalue weighted by atomic mass is 10.1. The van der Waals surface area contributed by atoms with Gasteiger partial charge in [0.25, 0.3) is 5.91 Å². The molecule has 0 radical (unpaired) electrons. The van der Waals surface area contributed by atoms with E-state index in [1.807, 2.05) is 0 Å². The first-order valence-electron chi connectivity index (χ1n) is 6.24. The molecule has 0 aliphatic heterocycles. The Kier molecular flexibility index (Phi) is 4.75. The van der Waals surface area contributed by atoms with Crippen LogP contribution in [0.2, 0.25) is 0 Å². The number of nitrogens with one attached hydrogen (secondary N) is 1. The molecular weight excluding hydrogens is 305 g/mol. The van der Waals surface area contributed by atoms with Crippen molar-refractivity contribution >= 4 is 5.91 Å². The minimum absolute atomic E-state index is 0.0116. The van der Waals surface area contributed by atoms with Crippen LogP contribution in [0.5, 0.6) is 0 Å². The van der Waals surface area contributed by atoms with Crippen molar-refractivity contribution in [3.63, 3.8) is 0 Å². The third kappa shape index (κ3) is 3.81. The second-order valence-electron chi connectivity index (χ2n) is 4.54. The smallest absolute Gasteiger partial charge is 0.251 e. The third-order valence-electron chi connectivity index (χ3n) is 2.87. The van der Waals surface area contributed by atoms with Gasteiger partial charge >= 0.3 is 0 Å². The molecule has 2 rings (SSSR count). The zero-order valence-electron chi connectivity index (χ0n) is 11.1. The normalized spacial score (nSPS) is 10.6. The predicted molar refractivity (Wildman–Crippen MR) is 68.7 cm³/mol. The molecule has 0 bridgehead atoms. The second-order valence-corrected chi connectivity index (χ2v) is 4.54. The SMILES string of the molecule is O=C(NCCc1cc(F)cc(F)c1)c1cc(F)c(F)c(F)c1. The lowest BCUT2D eigenvalue weighted by molar-refractivity contribution is 0.0953. The zero-order valence-corrected chi connectivity index (χ0v) is 11.1. The van der Waals surface area contributed by atoms with Crippen molar-refractivity contribution in [1.82, 2.24) is 5.32 Å². The molecule has 0 spiro atoms. The Morgan fingerprint density at radius 2 is 1.41 bits per heavy atom. The summed E-state index contributed by atoms with van der Waals surface area (Å²) in [5, 5.41) is 2.32. The van der Waals surface area contributed by atoms with Crippen molar-refractivity contribution in [1.29, 1.82) is 0 Å². The van der Waals surface area contributed by atoms with Crippen molar-refractivity contribution in [3.8, 4) is 0 Å². The molecule has 0 aliphatic rings. The third-order valence-corrected chi connectivity index (χ3v) is 2.87. The van der Waals surface area contributed by atoms with Crippen LogP contribution < -0.4 is 5.32 Å². The summed E-state index contributed by atoms with van der Waals surface area (Å²) in [6, 6.07) is 4.05. The van der Waals surface area contributed by atoms with Gasteiger partial charge in [0.2, 0.25) is 0 Å². The Morgan fingerprint density at radius 3 is 1.95 bits per heavy atom. The van der Waals surface area contributed by atoms with Crippen LogP contribution in [-0.4, -0.2) is 12.5 Å². The fourth-order valence-corrected chi connectivity index (χ4v) is 1.86. The Balaban J connectivity index is 1.98. The standard InChI is InChI=1S/C15H10F5NO/c16-10-3-8(4-11(17)7-10)1-2-21-15(22)9-5-12(18)14(20)13(19)6-9/h3-7H,1-2H2,(H,21,22). The molecule has 2 nitrogen and oxygen atoms in total. The van der Waals surface area contributed by atoms with Gasteiger partial charge < -0.3 is 5.32 Å². The molecule has 116 valence electrons. The lowest BCUT2D eigenvalue weighted by Crippen LogP contribution is -2.26. The summed E-state index contributed by atoms with van der Waals surface area (Å²) < 4.78 is 64.7. The molecule has 1 amide bonds. The van der Waals surface area contributed by atoms with Crippen LogP contribution in [0, 0.1) is 29.1 Å². The van der Waals surface area contributed by atoms with Gasteiger partial charge in [-0.2, -0.15) is 0 Å². The van der Waals surface area contributed by atoms with Crippen LogP contribution >= 0.6 is 0 Å². The highest BCUT2D eigenvalue weighted by atomic mass is 19.2. The molecule has 0 atom stereocenters. The molecule has 1 N–H and O–H groups in total. The van der Waals surface area contributed by atoms with Crippen LogP contribution in [0.4, 0.5) is 22.0 Å². The number of hydrogen-bond donors (Lipinski definition) is 1. The van der Waals surface area contributed by atoms with E-state index >= 15 is 0 Å². The van der Waals surface area contributed by atoms with Gasteiger partial charge in [-0.25, -0.2) is 22.0 Å². The highest BCUT2D eigenvalue weighted by molar-refractivity contribution is 5.94. The second kappa shape index (κ2) is 6.55. The minimum Gasteiger partial charge on any atom is -0.352 e. The van der Waals surface area contributed by atoms with Gasteiger partial charge in [0.1, 0.15) is 11.6 Å². The largest absolute Gasteiger partial charge is 0.352 e. The van der Waals surface area contributed by atoms with Gasteiger partial charge in [0, 0.05) is 18.2 Å². The molecule has 0 unspecified atom stereocenters. The fourth-order valence-electron chi connectivity index (χ4n) is 1.86. The van der Waals surface area contributed by atoms with Gasteiger partial charge in [-0.1, -0.05) is 0 Å². The van der Waals surface area contributed by atoms with Gasteiger partial charge in [-0.15, -0.1) is 0 Å². The average molecular weight is 315 g/mol.